The number of amides is 2. The molecule has 16 heavy (non-hydrogen) atoms. The first-order chi connectivity index (χ1) is 7.65. The van der Waals surface area contributed by atoms with Crippen LogP contribution in [0.4, 0.5) is 5.00 Å². The van der Waals surface area contributed by atoms with Crippen molar-refractivity contribution in [3.8, 4) is 12.3 Å². The lowest BCUT2D eigenvalue weighted by Gasteiger charge is -2.04. The molecule has 0 atom stereocenters. The summed E-state index contributed by atoms with van der Waals surface area (Å²) in [4.78, 5) is 22.3. The number of carbonyl (C=O) groups excluding carboxylic acids is 2. The molecule has 0 aliphatic heterocycles. The molecule has 1 heterocycles. The summed E-state index contributed by atoms with van der Waals surface area (Å²) in [6.45, 7) is 0.417. The van der Waals surface area contributed by atoms with E-state index in [0.29, 0.717) is 17.1 Å². The first-order valence-corrected chi connectivity index (χ1v) is 5.34. The first kappa shape index (κ1) is 12.2. The highest BCUT2D eigenvalue weighted by Crippen LogP contribution is 2.22. The summed E-state index contributed by atoms with van der Waals surface area (Å²) in [5.74, 6) is 1.52. The Morgan fingerprint density at radius 1 is 1.56 bits per heavy atom. The molecule has 0 aliphatic rings. The Kier molecular flexibility index (Phi) is 4.51. The van der Waals surface area contributed by atoms with Gasteiger partial charge in [-0.25, -0.2) is 0 Å². The molecule has 4 N–H and O–H groups in total. The van der Waals surface area contributed by atoms with Crippen molar-refractivity contribution in [1.82, 2.24) is 5.32 Å². The van der Waals surface area contributed by atoms with Gasteiger partial charge in [-0.05, 0) is 11.4 Å². The zero-order chi connectivity index (χ0) is 12.0. The molecule has 0 aromatic carbocycles. The summed E-state index contributed by atoms with van der Waals surface area (Å²) < 4.78 is 0. The van der Waals surface area contributed by atoms with Gasteiger partial charge in [-0.15, -0.1) is 17.8 Å². The molecule has 1 rings (SSSR count). The number of nitrogens with one attached hydrogen (secondary N) is 2. The number of nitrogens with two attached hydrogens (primary N) is 1. The zero-order valence-electron chi connectivity index (χ0n) is 8.45. The third-order valence-corrected chi connectivity index (χ3v) is 2.53. The van der Waals surface area contributed by atoms with Crippen molar-refractivity contribution in [2.75, 3.05) is 18.4 Å². The average Bonchev–Trinajstić information content (AvgIpc) is 2.66. The van der Waals surface area contributed by atoms with E-state index in [1.165, 1.54) is 11.3 Å². The Balaban J connectivity index is 2.53. The minimum absolute atomic E-state index is 0.0975. The number of thiophene rings is 1. The van der Waals surface area contributed by atoms with E-state index in [0.717, 1.165) is 0 Å². The molecule has 2 amide bonds. The lowest BCUT2D eigenvalue weighted by molar-refractivity contribution is -0.115. The van der Waals surface area contributed by atoms with Crippen molar-refractivity contribution in [2.24, 2.45) is 5.73 Å². The molecular weight excluding hydrogens is 226 g/mol. The van der Waals surface area contributed by atoms with Crippen molar-refractivity contribution >= 4 is 28.2 Å². The summed E-state index contributed by atoms with van der Waals surface area (Å²) in [7, 11) is 0. The molecule has 0 unspecified atom stereocenters. The number of terminal acetylenes is 1. The number of primary amides is 1. The van der Waals surface area contributed by atoms with Crippen molar-refractivity contribution in [3.63, 3.8) is 0 Å². The van der Waals surface area contributed by atoms with Crippen molar-refractivity contribution in [2.45, 2.75) is 0 Å². The predicted octanol–water partition coefficient (Wildman–Crippen LogP) is 0.00830. The van der Waals surface area contributed by atoms with Gasteiger partial charge in [-0.1, -0.05) is 5.92 Å². The topological polar surface area (TPSA) is 84.2 Å². The lowest BCUT2D eigenvalue weighted by atomic mass is 10.3. The highest BCUT2D eigenvalue weighted by molar-refractivity contribution is 7.14. The van der Waals surface area contributed by atoms with Crippen LogP contribution in [0.15, 0.2) is 11.4 Å². The van der Waals surface area contributed by atoms with Crippen LogP contribution in [-0.2, 0) is 4.79 Å². The molecule has 0 radical (unpaired) electrons. The quantitative estimate of drug-likeness (QED) is 0.498. The van der Waals surface area contributed by atoms with Crippen molar-refractivity contribution in [3.05, 3.63) is 17.0 Å². The van der Waals surface area contributed by atoms with Crippen LogP contribution in [0.25, 0.3) is 0 Å². The minimum atomic E-state index is -0.562. The molecule has 5 nitrogen and oxygen atoms in total. The third-order valence-electron chi connectivity index (χ3n) is 1.70. The maximum Gasteiger partial charge on any atom is 0.251 e. The number of carbonyl (C=O) groups is 2. The van der Waals surface area contributed by atoms with Crippen LogP contribution in [-0.4, -0.2) is 24.9 Å². The Labute approximate surface area is 97.0 Å². The predicted molar refractivity (Wildman–Crippen MR) is 63.2 cm³/mol. The van der Waals surface area contributed by atoms with Crippen molar-refractivity contribution in [1.29, 1.82) is 0 Å². The standard InChI is InChI=1S/C10H11N3O2S/c1-2-4-12-6-8(14)13-10-7(9(11)15)3-5-16-10/h1,3,5,12H,4,6H2,(H2,11,15)(H,13,14). The van der Waals surface area contributed by atoms with Crippen molar-refractivity contribution < 1.29 is 9.59 Å². The SMILES string of the molecule is C#CCNCC(=O)Nc1sccc1C(N)=O. The van der Waals surface area contributed by atoms with Gasteiger partial charge in [0.2, 0.25) is 5.91 Å². The average molecular weight is 237 g/mol. The van der Waals surface area contributed by atoms with Gasteiger partial charge in [-0.3, -0.25) is 14.9 Å². The number of hydrogen-bond acceptors (Lipinski definition) is 4. The smallest absolute Gasteiger partial charge is 0.251 e. The summed E-state index contributed by atoms with van der Waals surface area (Å²) >= 11 is 1.24. The summed E-state index contributed by atoms with van der Waals surface area (Å²) in [6.07, 6.45) is 5.01. The Bertz CT molecular complexity index is 434. The van der Waals surface area contributed by atoms with Gasteiger partial charge in [0, 0.05) is 0 Å². The second kappa shape index (κ2) is 5.90. The Hall–Kier alpha value is -1.84. The minimum Gasteiger partial charge on any atom is -0.366 e. The third kappa shape index (κ3) is 3.38. The fourth-order valence-corrected chi connectivity index (χ4v) is 1.83. The molecule has 1 aromatic rings. The molecule has 84 valence electrons. The van der Waals surface area contributed by atoms with Gasteiger partial charge < -0.3 is 11.1 Å². The largest absolute Gasteiger partial charge is 0.366 e. The Morgan fingerprint density at radius 2 is 2.31 bits per heavy atom. The van der Waals surface area contributed by atoms with E-state index >= 15 is 0 Å². The lowest BCUT2D eigenvalue weighted by Crippen LogP contribution is -2.28. The van der Waals surface area contributed by atoms with Gasteiger partial charge in [0.05, 0.1) is 18.7 Å². The molecule has 0 saturated carbocycles. The zero-order valence-corrected chi connectivity index (χ0v) is 9.26. The molecule has 0 bridgehead atoms. The van der Waals surface area contributed by atoms with Crippen LogP contribution in [0.3, 0.4) is 0 Å². The maximum atomic E-state index is 11.4. The summed E-state index contributed by atoms with van der Waals surface area (Å²) in [6, 6.07) is 1.57. The monoisotopic (exact) mass is 237 g/mol. The van der Waals surface area contributed by atoms with Gasteiger partial charge in [0.15, 0.2) is 0 Å². The van der Waals surface area contributed by atoms with Gasteiger partial charge in [0.25, 0.3) is 5.91 Å². The summed E-state index contributed by atoms with van der Waals surface area (Å²) in [5, 5.41) is 7.46. The van der Waals surface area contributed by atoms with E-state index in [9.17, 15) is 9.59 Å². The Morgan fingerprint density at radius 3 is 2.94 bits per heavy atom. The van der Waals surface area contributed by atoms with E-state index in [2.05, 4.69) is 16.6 Å². The molecule has 0 aliphatic carbocycles. The number of anilines is 1. The fraction of sp³-hybridized carbons (Fsp3) is 0.200. The normalized spacial score (nSPS) is 9.44. The van der Waals surface area contributed by atoms with Crippen LogP contribution < -0.4 is 16.4 Å². The highest BCUT2D eigenvalue weighted by atomic mass is 32.1. The first-order valence-electron chi connectivity index (χ1n) is 4.46. The second-order valence-corrected chi connectivity index (χ2v) is 3.80. The van der Waals surface area contributed by atoms with Crippen LogP contribution in [0.1, 0.15) is 10.4 Å². The molecular formula is C10H11N3O2S. The van der Waals surface area contributed by atoms with Crippen LogP contribution in [0.2, 0.25) is 0 Å². The molecule has 6 heteroatoms. The number of hydrogen-bond donors (Lipinski definition) is 3. The molecule has 0 fully saturated rings. The van der Waals surface area contributed by atoms with E-state index in [1.54, 1.807) is 11.4 Å². The van der Waals surface area contributed by atoms with Gasteiger partial charge >= 0.3 is 0 Å². The van der Waals surface area contributed by atoms with E-state index in [1.807, 2.05) is 0 Å². The van der Waals surface area contributed by atoms with Crippen LogP contribution >= 0.6 is 11.3 Å². The molecule has 1 aromatic heterocycles. The van der Waals surface area contributed by atoms with E-state index in [4.69, 9.17) is 12.2 Å². The van der Waals surface area contributed by atoms with Gasteiger partial charge in [-0.2, -0.15) is 0 Å². The van der Waals surface area contributed by atoms with E-state index in [-0.39, 0.29) is 12.5 Å². The van der Waals surface area contributed by atoms with Gasteiger partial charge in [0.1, 0.15) is 5.00 Å². The molecule has 0 spiro atoms. The highest BCUT2D eigenvalue weighted by Gasteiger charge is 2.11. The summed E-state index contributed by atoms with van der Waals surface area (Å²) in [5.41, 5.74) is 5.45. The second-order valence-electron chi connectivity index (χ2n) is 2.88. The van der Waals surface area contributed by atoms with Crippen LogP contribution in [0.5, 0.6) is 0 Å². The molecule has 0 saturated heterocycles. The fourth-order valence-electron chi connectivity index (χ4n) is 1.02. The maximum absolute atomic E-state index is 11.4. The number of rotatable bonds is 5. The van der Waals surface area contributed by atoms with E-state index < -0.39 is 5.91 Å². The van der Waals surface area contributed by atoms with Crippen LogP contribution in [0, 0.1) is 12.3 Å².